The van der Waals surface area contributed by atoms with Gasteiger partial charge in [-0.2, -0.15) is 0 Å². The van der Waals surface area contributed by atoms with Gasteiger partial charge in [0.15, 0.2) is 5.65 Å². The summed E-state index contributed by atoms with van der Waals surface area (Å²) in [6.07, 6.45) is 6.71. The first-order chi connectivity index (χ1) is 16.6. The van der Waals surface area contributed by atoms with Crippen LogP contribution in [0, 0.1) is 6.92 Å². The smallest absolute Gasteiger partial charge is 0.256 e. The van der Waals surface area contributed by atoms with Gasteiger partial charge in [0.25, 0.3) is 5.91 Å². The molecule has 1 fully saturated rings. The molecule has 0 saturated carbocycles. The number of piperazine rings is 1. The largest absolute Gasteiger partial charge is 0.339 e. The van der Waals surface area contributed by atoms with Gasteiger partial charge in [-0.15, -0.1) is 0 Å². The number of aryl methyl sites for hydroxylation is 4. The van der Waals surface area contributed by atoms with Gasteiger partial charge in [-0.1, -0.05) is 36.8 Å². The van der Waals surface area contributed by atoms with Gasteiger partial charge >= 0.3 is 0 Å². The van der Waals surface area contributed by atoms with Gasteiger partial charge < -0.3 is 14.4 Å². The van der Waals surface area contributed by atoms with Crippen LogP contribution < -0.4 is 0 Å². The lowest BCUT2D eigenvalue weighted by Gasteiger charge is -2.35. The topological polar surface area (TPSA) is 71.3 Å². The highest BCUT2D eigenvalue weighted by Gasteiger charge is 2.28. The predicted octanol–water partition coefficient (Wildman–Crippen LogP) is 3.77. The van der Waals surface area contributed by atoms with Crippen LogP contribution in [0.3, 0.4) is 0 Å². The number of imidazole rings is 1. The highest BCUT2D eigenvalue weighted by Crippen LogP contribution is 2.25. The molecule has 0 radical (unpaired) electrons. The lowest BCUT2D eigenvalue weighted by atomic mass is 10.1. The molecule has 178 valence electrons. The Labute approximate surface area is 200 Å². The molecule has 34 heavy (non-hydrogen) atoms. The second-order valence-corrected chi connectivity index (χ2v) is 9.49. The van der Waals surface area contributed by atoms with Gasteiger partial charge in [0, 0.05) is 51.3 Å². The second kappa shape index (κ2) is 9.95. The fourth-order valence-corrected chi connectivity index (χ4v) is 5.15. The Bertz CT molecular complexity index is 1180. The van der Waals surface area contributed by atoms with E-state index in [1.54, 1.807) is 0 Å². The van der Waals surface area contributed by atoms with Gasteiger partial charge in [0.1, 0.15) is 11.3 Å². The minimum Gasteiger partial charge on any atom is -0.339 e. The molecule has 0 N–H and O–H groups in total. The van der Waals surface area contributed by atoms with E-state index in [4.69, 9.17) is 9.97 Å². The number of benzene rings is 1. The van der Waals surface area contributed by atoms with Gasteiger partial charge in [-0.3, -0.25) is 9.59 Å². The minimum absolute atomic E-state index is 0.0000592. The monoisotopic (exact) mass is 459 g/mol. The van der Waals surface area contributed by atoms with Crippen LogP contribution in [0.1, 0.15) is 59.5 Å². The van der Waals surface area contributed by atoms with Crippen molar-refractivity contribution in [2.45, 2.75) is 58.4 Å². The van der Waals surface area contributed by atoms with Crippen LogP contribution in [-0.4, -0.2) is 62.3 Å². The van der Waals surface area contributed by atoms with E-state index in [0.717, 1.165) is 61.3 Å². The number of amides is 2. The van der Waals surface area contributed by atoms with E-state index in [2.05, 4.69) is 16.7 Å². The number of fused-ring (bicyclic) bond motifs is 3. The molecule has 7 nitrogen and oxygen atoms in total. The van der Waals surface area contributed by atoms with Crippen molar-refractivity contribution in [1.29, 1.82) is 0 Å². The molecule has 7 heteroatoms. The third-order valence-electron chi connectivity index (χ3n) is 7.04. The van der Waals surface area contributed by atoms with E-state index in [9.17, 15) is 9.59 Å². The van der Waals surface area contributed by atoms with E-state index < -0.39 is 0 Å². The third-order valence-corrected chi connectivity index (χ3v) is 7.04. The van der Waals surface area contributed by atoms with Crippen LogP contribution in [0.25, 0.3) is 11.2 Å². The number of nitrogens with zero attached hydrogens (tertiary/aromatic N) is 5. The standard InChI is InChI=1S/C27H33N5O2/c1-20-19-22(25-26(28-20)32-14-7-3-6-12-23(32)29-25)27(34)31-17-15-30(16-18-31)24(33)13-8-11-21-9-4-2-5-10-21/h2,4-5,9-10,19H,3,6-8,11-18H2,1H3. The molecular weight excluding hydrogens is 426 g/mol. The molecule has 0 unspecified atom stereocenters. The molecule has 0 bridgehead atoms. The van der Waals surface area contributed by atoms with Crippen LogP contribution in [0.2, 0.25) is 0 Å². The fourth-order valence-electron chi connectivity index (χ4n) is 5.15. The SMILES string of the molecule is Cc1cc(C(=O)N2CCN(C(=O)CCCc3ccccc3)CC2)c2nc3n(c2n1)CCCCC3. The number of hydrogen-bond donors (Lipinski definition) is 0. The van der Waals surface area contributed by atoms with Crippen LogP contribution in [-0.2, 0) is 24.2 Å². The first-order valence-corrected chi connectivity index (χ1v) is 12.6. The van der Waals surface area contributed by atoms with E-state index in [0.29, 0.717) is 38.2 Å². The van der Waals surface area contributed by atoms with Gasteiger partial charge in [0.05, 0.1) is 5.56 Å². The van der Waals surface area contributed by atoms with Crippen molar-refractivity contribution in [2.24, 2.45) is 0 Å². The quantitative estimate of drug-likeness (QED) is 0.582. The summed E-state index contributed by atoms with van der Waals surface area (Å²) in [6.45, 7) is 5.14. The van der Waals surface area contributed by atoms with Crippen molar-refractivity contribution in [2.75, 3.05) is 26.2 Å². The minimum atomic E-state index is -0.0000592. The molecule has 0 atom stereocenters. The molecule has 2 aliphatic heterocycles. The Morgan fingerprint density at radius 1 is 0.912 bits per heavy atom. The second-order valence-electron chi connectivity index (χ2n) is 9.49. The van der Waals surface area contributed by atoms with Crippen molar-refractivity contribution in [1.82, 2.24) is 24.3 Å². The molecule has 5 rings (SSSR count). The summed E-state index contributed by atoms with van der Waals surface area (Å²) in [7, 11) is 0. The summed E-state index contributed by atoms with van der Waals surface area (Å²) in [5, 5.41) is 0. The Kier molecular flexibility index (Phi) is 6.61. The number of pyridine rings is 1. The number of hydrogen-bond acceptors (Lipinski definition) is 4. The summed E-state index contributed by atoms with van der Waals surface area (Å²) in [4.78, 5) is 39.6. The Morgan fingerprint density at radius 3 is 2.47 bits per heavy atom. The Balaban J connectivity index is 1.22. The van der Waals surface area contributed by atoms with Crippen molar-refractivity contribution in [3.63, 3.8) is 0 Å². The Hall–Kier alpha value is -3.22. The third kappa shape index (κ3) is 4.69. The van der Waals surface area contributed by atoms with Gasteiger partial charge in [0.2, 0.25) is 5.91 Å². The zero-order valence-corrected chi connectivity index (χ0v) is 20.0. The van der Waals surface area contributed by atoms with Gasteiger partial charge in [-0.25, -0.2) is 9.97 Å². The van der Waals surface area contributed by atoms with Crippen LogP contribution in [0.4, 0.5) is 0 Å². The number of aromatic nitrogens is 3. The summed E-state index contributed by atoms with van der Waals surface area (Å²) in [5.74, 6) is 1.23. The summed E-state index contributed by atoms with van der Waals surface area (Å²) >= 11 is 0. The normalized spacial score (nSPS) is 16.4. The number of rotatable bonds is 5. The summed E-state index contributed by atoms with van der Waals surface area (Å²) in [5.41, 5.74) is 4.32. The van der Waals surface area contributed by atoms with E-state index in [-0.39, 0.29) is 11.8 Å². The van der Waals surface area contributed by atoms with Crippen LogP contribution in [0.15, 0.2) is 36.4 Å². The zero-order valence-electron chi connectivity index (χ0n) is 20.0. The average Bonchev–Trinajstić information content (AvgIpc) is 3.04. The van der Waals surface area contributed by atoms with E-state index >= 15 is 0 Å². The molecule has 0 spiro atoms. The molecule has 0 aliphatic carbocycles. The van der Waals surface area contributed by atoms with E-state index in [1.807, 2.05) is 41.0 Å². The average molecular weight is 460 g/mol. The highest BCUT2D eigenvalue weighted by atomic mass is 16.2. The predicted molar refractivity (Wildman–Crippen MR) is 132 cm³/mol. The van der Waals surface area contributed by atoms with Crippen LogP contribution in [0.5, 0.6) is 0 Å². The van der Waals surface area contributed by atoms with Crippen LogP contribution >= 0.6 is 0 Å². The lowest BCUT2D eigenvalue weighted by molar-refractivity contribution is -0.132. The molecule has 2 amide bonds. The molecule has 3 aromatic rings. The lowest BCUT2D eigenvalue weighted by Crippen LogP contribution is -2.50. The van der Waals surface area contributed by atoms with Crippen molar-refractivity contribution >= 4 is 23.0 Å². The zero-order chi connectivity index (χ0) is 23.5. The first kappa shape index (κ1) is 22.6. The Morgan fingerprint density at radius 2 is 1.68 bits per heavy atom. The van der Waals surface area contributed by atoms with Crippen molar-refractivity contribution < 1.29 is 9.59 Å². The molecular formula is C27H33N5O2. The molecule has 1 aromatic carbocycles. The fraction of sp³-hybridized carbons (Fsp3) is 0.481. The summed E-state index contributed by atoms with van der Waals surface area (Å²) < 4.78 is 2.21. The molecule has 2 aromatic heterocycles. The summed E-state index contributed by atoms with van der Waals surface area (Å²) in [6, 6.07) is 12.2. The molecule has 4 heterocycles. The van der Waals surface area contributed by atoms with Crippen molar-refractivity contribution in [3.05, 3.63) is 59.0 Å². The first-order valence-electron chi connectivity index (χ1n) is 12.6. The highest BCUT2D eigenvalue weighted by molar-refractivity contribution is 6.04. The number of carbonyl (C=O) groups is 2. The van der Waals surface area contributed by atoms with E-state index in [1.165, 1.54) is 12.0 Å². The molecule has 2 aliphatic rings. The number of carbonyl (C=O) groups excluding carboxylic acids is 2. The van der Waals surface area contributed by atoms with Gasteiger partial charge in [-0.05, 0) is 44.2 Å². The van der Waals surface area contributed by atoms with Crippen molar-refractivity contribution in [3.8, 4) is 0 Å². The maximum Gasteiger partial charge on any atom is 0.256 e. The maximum absolute atomic E-state index is 13.5. The molecule has 1 saturated heterocycles. The maximum atomic E-state index is 13.5.